The molecule has 6 nitrogen and oxygen atoms in total. The summed E-state index contributed by atoms with van der Waals surface area (Å²) in [6, 6.07) is 0. The molecule has 1 unspecified atom stereocenters. The minimum Gasteiger partial charge on any atom is -0.462 e. The van der Waals surface area contributed by atoms with Gasteiger partial charge in [-0.05, 0) is 18.8 Å². The number of hydrogen-bond donors (Lipinski definition) is 0. The third-order valence-corrected chi connectivity index (χ3v) is 6.26. The van der Waals surface area contributed by atoms with E-state index in [0.29, 0.717) is 24.8 Å². The van der Waals surface area contributed by atoms with Gasteiger partial charge in [0, 0.05) is 43.1 Å². The van der Waals surface area contributed by atoms with Crippen molar-refractivity contribution in [1.29, 1.82) is 0 Å². The molecule has 6 heteroatoms. The molecule has 2 aliphatic carbocycles. The van der Waals surface area contributed by atoms with Crippen molar-refractivity contribution in [2.45, 2.75) is 65.3 Å². The van der Waals surface area contributed by atoms with Crippen molar-refractivity contribution < 1.29 is 28.6 Å². The first-order valence-electron chi connectivity index (χ1n) is 8.87. The van der Waals surface area contributed by atoms with Gasteiger partial charge in [0.2, 0.25) is 0 Å². The fourth-order valence-electron chi connectivity index (χ4n) is 5.39. The van der Waals surface area contributed by atoms with Crippen LogP contribution in [0.15, 0.2) is 12.2 Å². The van der Waals surface area contributed by atoms with Crippen LogP contribution in [0, 0.1) is 23.2 Å². The van der Waals surface area contributed by atoms with Crippen molar-refractivity contribution >= 4 is 17.9 Å². The summed E-state index contributed by atoms with van der Waals surface area (Å²) in [6.07, 6.45) is 0.957. The normalized spacial score (nSPS) is 42.9. The number of hydrogen-bond acceptors (Lipinski definition) is 6. The van der Waals surface area contributed by atoms with Crippen LogP contribution in [-0.2, 0) is 28.6 Å². The van der Waals surface area contributed by atoms with Gasteiger partial charge in [-0.1, -0.05) is 20.4 Å². The Morgan fingerprint density at radius 3 is 2.44 bits per heavy atom. The smallest absolute Gasteiger partial charge is 0.334 e. The van der Waals surface area contributed by atoms with Crippen molar-refractivity contribution in [3.63, 3.8) is 0 Å². The molecule has 3 aliphatic rings. The summed E-state index contributed by atoms with van der Waals surface area (Å²) < 4.78 is 16.7. The average Bonchev–Trinajstić information content (AvgIpc) is 2.82. The van der Waals surface area contributed by atoms with Crippen LogP contribution in [0.3, 0.4) is 0 Å². The maximum atomic E-state index is 11.9. The van der Waals surface area contributed by atoms with Gasteiger partial charge in [-0.15, -0.1) is 0 Å². The van der Waals surface area contributed by atoms with E-state index in [4.69, 9.17) is 14.2 Å². The summed E-state index contributed by atoms with van der Waals surface area (Å²) in [4.78, 5) is 35.2. The number of ether oxygens (including phenoxy) is 3. The third kappa shape index (κ3) is 2.96. The number of rotatable bonds is 2. The third-order valence-electron chi connectivity index (χ3n) is 6.26. The molecule has 1 aliphatic heterocycles. The predicted molar refractivity (Wildman–Crippen MR) is 88.2 cm³/mol. The summed E-state index contributed by atoms with van der Waals surface area (Å²) in [5.41, 5.74) is 0.0956. The Kier molecular flexibility index (Phi) is 4.41. The quantitative estimate of drug-likeness (QED) is 0.432. The lowest BCUT2D eigenvalue weighted by molar-refractivity contribution is -0.153. The standard InChI is InChI=1S/C19H26O6/c1-9-6-14-13(10(2)18(22)25-14)8-19(5)16(24-12(4)21)7-15(17(9)19)23-11(3)20/h9,13-17H,2,6-8H2,1,3-5H3/t9-,13-,14-,15+,16-,17?,19-/m1/s1. The topological polar surface area (TPSA) is 78.9 Å². The van der Waals surface area contributed by atoms with Crippen LogP contribution >= 0.6 is 0 Å². The summed E-state index contributed by atoms with van der Waals surface area (Å²) in [5.74, 6) is -0.897. The van der Waals surface area contributed by atoms with Gasteiger partial charge in [0.15, 0.2) is 0 Å². The fraction of sp³-hybridized carbons (Fsp3) is 0.737. The minimum atomic E-state index is -0.401. The van der Waals surface area contributed by atoms with Crippen molar-refractivity contribution in [2.75, 3.05) is 0 Å². The van der Waals surface area contributed by atoms with Gasteiger partial charge in [0.25, 0.3) is 0 Å². The van der Waals surface area contributed by atoms with E-state index in [1.54, 1.807) is 0 Å². The van der Waals surface area contributed by atoms with E-state index in [-0.39, 0.29) is 54.0 Å². The van der Waals surface area contributed by atoms with Gasteiger partial charge in [-0.3, -0.25) is 9.59 Å². The Labute approximate surface area is 147 Å². The molecule has 2 saturated carbocycles. The van der Waals surface area contributed by atoms with Crippen LogP contribution in [0.4, 0.5) is 0 Å². The van der Waals surface area contributed by atoms with Gasteiger partial charge < -0.3 is 14.2 Å². The monoisotopic (exact) mass is 350 g/mol. The lowest BCUT2D eigenvalue weighted by Crippen LogP contribution is -2.40. The molecule has 7 atom stereocenters. The van der Waals surface area contributed by atoms with E-state index in [1.165, 1.54) is 13.8 Å². The Bertz CT molecular complexity index is 625. The molecule has 138 valence electrons. The zero-order valence-electron chi connectivity index (χ0n) is 15.2. The van der Waals surface area contributed by atoms with Crippen molar-refractivity contribution in [3.05, 3.63) is 12.2 Å². The van der Waals surface area contributed by atoms with Gasteiger partial charge in [-0.2, -0.15) is 0 Å². The highest BCUT2D eigenvalue weighted by Crippen LogP contribution is 2.58. The van der Waals surface area contributed by atoms with E-state index >= 15 is 0 Å². The highest BCUT2D eigenvalue weighted by molar-refractivity contribution is 5.90. The van der Waals surface area contributed by atoms with Crippen molar-refractivity contribution in [2.24, 2.45) is 23.2 Å². The zero-order chi connectivity index (χ0) is 18.5. The van der Waals surface area contributed by atoms with E-state index in [9.17, 15) is 14.4 Å². The van der Waals surface area contributed by atoms with Crippen LogP contribution in [0.2, 0.25) is 0 Å². The lowest BCUT2D eigenvalue weighted by atomic mass is 9.69. The molecular formula is C19H26O6. The zero-order valence-corrected chi connectivity index (χ0v) is 15.2. The van der Waals surface area contributed by atoms with Gasteiger partial charge >= 0.3 is 17.9 Å². The highest BCUT2D eigenvalue weighted by Gasteiger charge is 2.61. The van der Waals surface area contributed by atoms with Crippen molar-refractivity contribution in [1.82, 2.24) is 0 Å². The van der Waals surface area contributed by atoms with Crippen LogP contribution < -0.4 is 0 Å². The summed E-state index contributed by atoms with van der Waals surface area (Å²) >= 11 is 0. The first kappa shape index (κ1) is 18.0. The molecule has 0 aromatic carbocycles. The molecular weight excluding hydrogens is 324 g/mol. The summed E-state index contributed by atoms with van der Waals surface area (Å²) in [7, 11) is 0. The molecule has 0 amide bonds. The summed E-state index contributed by atoms with van der Waals surface area (Å²) in [5, 5.41) is 0. The molecule has 0 aromatic rings. The van der Waals surface area contributed by atoms with Gasteiger partial charge in [-0.25, -0.2) is 4.79 Å². The van der Waals surface area contributed by atoms with Crippen LogP contribution in [0.1, 0.15) is 47.0 Å². The lowest BCUT2D eigenvalue weighted by Gasteiger charge is -2.39. The maximum Gasteiger partial charge on any atom is 0.334 e. The van der Waals surface area contributed by atoms with Gasteiger partial charge in [0.1, 0.15) is 18.3 Å². The first-order valence-corrected chi connectivity index (χ1v) is 8.87. The molecule has 0 radical (unpaired) electrons. The molecule has 0 N–H and O–H groups in total. The van der Waals surface area contributed by atoms with Crippen LogP contribution in [0.5, 0.6) is 0 Å². The number of carbonyl (C=O) groups is 3. The Balaban J connectivity index is 1.98. The van der Waals surface area contributed by atoms with E-state index < -0.39 is 5.41 Å². The number of fused-ring (bicyclic) bond motifs is 2. The largest absolute Gasteiger partial charge is 0.462 e. The van der Waals surface area contributed by atoms with Crippen molar-refractivity contribution in [3.8, 4) is 0 Å². The van der Waals surface area contributed by atoms with E-state index in [1.807, 2.05) is 0 Å². The average molecular weight is 350 g/mol. The second-order valence-corrected chi connectivity index (χ2v) is 8.01. The maximum absolute atomic E-state index is 11.9. The Hall–Kier alpha value is -1.85. The highest BCUT2D eigenvalue weighted by atomic mass is 16.6. The number of carbonyl (C=O) groups excluding carboxylic acids is 3. The molecule has 1 saturated heterocycles. The SMILES string of the molecule is C=C1C(=O)O[C@@H]2C[C@@H](C)C3[C@@H](OC(C)=O)C[C@@H](OC(C)=O)[C@@]3(C)C[C@H]12. The van der Waals surface area contributed by atoms with Gasteiger partial charge in [0.05, 0.1) is 0 Å². The van der Waals surface area contributed by atoms with E-state index in [0.717, 1.165) is 0 Å². The second kappa shape index (κ2) is 6.15. The predicted octanol–water partition coefficient (Wildman–Crippen LogP) is 2.40. The first-order chi connectivity index (χ1) is 11.6. The molecule has 0 aromatic heterocycles. The molecule has 3 fully saturated rings. The second-order valence-electron chi connectivity index (χ2n) is 8.01. The molecule has 25 heavy (non-hydrogen) atoms. The Morgan fingerprint density at radius 2 is 1.84 bits per heavy atom. The number of esters is 3. The van der Waals surface area contributed by atoms with Crippen LogP contribution in [0.25, 0.3) is 0 Å². The Morgan fingerprint density at radius 1 is 1.20 bits per heavy atom. The van der Waals surface area contributed by atoms with E-state index in [2.05, 4.69) is 20.4 Å². The molecule has 1 heterocycles. The van der Waals surface area contributed by atoms with Crippen LogP contribution in [-0.4, -0.2) is 36.2 Å². The molecule has 3 rings (SSSR count). The summed E-state index contributed by atoms with van der Waals surface area (Å²) in [6.45, 7) is 10.9. The molecule has 0 spiro atoms. The molecule has 0 bridgehead atoms. The fourth-order valence-corrected chi connectivity index (χ4v) is 5.39. The minimum absolute atomic E-state index is 0.0397.